The number of hydrogen-bond acceptors (Lipinski definition) is 3. The summed E-state index contributed by atoms with van der Waals surface area (Å²) < 4.78 is 0. The van der Waals surface area contributed by atoms with Crippen LogP contribution >= 0.6 is 0 Å². The average molecular weight is 225 g/mol. The number of likely N-dealkylation sites (tertiary alicyclic amines) is 1. The van der Waals surface area contributed by atoms with Crippen LogP contribution in [0, 0.1) is 5.92 Å². The molecule has 1 saturated heterocycles. The average Bonchev–Trinajstić information content (AvgIpc) is 2.15. The van der Waals surface area contributed by atoms with E-state index in [2.05, 4.69) is 23.9 Å². The van der Waals surface area contributed by atoms with E-state index in [1.54, 1.807) is 0 Å². The summed E-state index contributed by atoms with van der Waals surface area (Å²) in [6.45, 7) is 2.11. The van der Waals surface area contributed by atoms with Crippen molar-refractivity contribution in [3.63, 3.8) is 0 Å². The highest BCUT2D eigenvalue weighted by molar-refractivity contribution is 5.76. The maximum absolute atomic E-state index is 11.1. The van der Waals surface area contributed by atoms with Gasteiger partial charge in [-0.1, -0.05) is 0 Å². The number of nitrogens with two attached hydrogens (primary N) is 1. The van der Waals surface area contributed by atoms with Gasteiger partial charge in [-0.2, -0.15) is 0 Å². The molecule has 0 atom stereocenters. The number of nitrogens with zero attached hydrogens (tertiary/aromatic N) is 2. The molecule has 0 aromatic carbocycles. The van der Waals surface area contributed by atoms with Gasteiger partial charge in [0.2, 0.25) is 5.91 Å². The van der Waals surface area contributed by atoms with Gasteiger partial charge in [0.15, 0.2) is 0 Å². The molecule has 0 spiro atoms. The van der Waals surface area contributed by atoms with E-state index < -0.39 is 0 Å². The Hall–Kier alpha value is -0.610. The molecule has 1 heterocycles. The molecule has 1 saturated carbocycles. The lowest BCUT2D eigenvalue weighted by atomic mass is 9.83. The third-order valence-electron chi connectivity index (χ3n) is 4.27. The molecule has 0 radical (unpaired) electrons. The fraction of sp³-hybridized carbons (Fsp3) is 0.917. The molecular formula is C12H23N3O. The fourth-order valence-electron chi connectivity index (χ4n) is 2.83. The first-order valence-electron chi connectivity index (χ1n) is 6.27. The molecule has 2 fully saturated rings. The van der Waals surface area contributed by atoms with Crippen LogP contribution in [0.2, 0.25) is 0 Å². The molecule has 4 heteroatoms. The van der Waals surface area contributed by atoms with Gasteiger partial charge in [-0.15, -0.1) is 0 Å². The van der Waals surface area contributed by atoms with Crippen LogP contribution < -0.4 is 5.73 Å². The minimum atomic E-state index is -0.112. The first-order chi connectivity index (χ1) is 7.58. The Bertz CT molecular complexity index is 253. The molecular weight excluding hydrogens is 202 g/mol. The normalized spacial score (nSPS) is 32.7. The van der Waals surface area contributed by atoms with E-state index in [0.717, 1.165) is 38.0 Å². The Morgan fingerprint density at radius 1 is 1.25 bits per heavy atom. The molecule has 0 unspecified atom stereocenters. The summed E-state index contributed by atoms with van der Waals surface area (Å²) >= 11 is 0. The third-order valence-corrected chi connectivity index (χ3v) is 4.27. The van der Waals surface area contributed by atoms with E-state index in [1.807, 2.05) is 0 Å². The first-order valence-corrected chi connectivity index (χ1v) is 6.27. The van der Waals surface area contributed by atoms with Crippen molar-refractivity contribution < 1.29 is 4.79 Å². The molecule has 0 bridgehead atoms. The largest absolute Gasteiger partial charge is 0.369 e. The SMILES string of the molecule is CN(C)C1CC(N2CCC(C(N)=O)CC2)C1. The van der Waals surface area contributed by atoms with Gasteiger partial charge < -0.3 is 15.5 Å². The number of amides is 1. The highest BCUT2D eigenvalue weighted by atomic mass is 16.1. The van der Waals surface area contributed by atoms with E-state index in [4.69, 9.17) is 5.73 Å². The number of rotatable bonds is 3. The van der Waals surface area contributed by atoms with E-state index in [9.17, 15) is 4.79 Å². The second-order valence-corrected chi connectivity index (χ2v) is 5.46. The van der Waals surface area contributed by atoms with E-state index in [0.29, 0.717) is 0 Å². The monoisotopic (exact) mass is 225 g/mol. The summed E-state index contributed by atoms with van der Waals surface area (Å²) in [7, 11) is 4.31. The van der Waals surface area contributed by atoms with Crippen molar-refractivity contribution in [2.24, 2.45) is 11.7 Å². The van der Waals surface area contributed by atoms with Crippen molar-refractivity contribution in [3.8, 4) is 0 Å². The predicted molar refractivity (Wildman–Crippen MR) is 64.0 cm³/mol. The molecule has 4 nitrogen and oxygen atoms in total. The van der Waals surface area contributed by atoms with Gasteiger partial charge in [-0.3, -0.25) is 4.79 Å². The van der Waals surface area contributed by atoms with Crippen LogP contribution in [0.25, 0.3) is 0 Å². The minimum Gasteiger partial charge on any atom is -0.369 e. The number of carbonyl (C=O) groups is 1. The Balaban J connectivity index is 1.73. The molecule has 2 rings (SSSR count). The summed E-state index contributed by atoms with van der Waals surface area (Å²) in [6.07, 6.45) is 4.49. The van der Waals surface area contributed by atoms with Gasteiger partial charge in [0.25, 0.3) is 0 Å². The highest BCUT2D eigenvalue weighted by Crippen LogP contribution is 2.31. The van der Waals surface area contributed by atoms with Crippen LogP contribution in [-0.2, 0) is 4.79 Å². The van der Waals surface area contributed by atoms with Crippen molar-refractivity contribution in [1.82, 2.24) is 9.80 Å². The smallest absolute Gasteiger partial charge is 0.220 e. The van der Waals surface area contributed by atoms with Crippen LogP contribution in [0.3, 0.4) is 0 Å². The van der Waals surface area contributed by atoms with Gasteiger partial charge >= 0.3 is 0 Å². The molecule has 1 aliphatic carbocycles. The first kappa shape index (κ1) is 11.9. The van der Waals surface area contributed by atoms with Crippen molar-refractivity contribution in [2.45, 2.75) is 37.8 Å². The lowest BCUT2D eigenvalue weighted by Gasteiger charge is -2.47. The van der Waals surface area contributed by atoms with Crippen LogP contribution in [0.4, 0.5) is 0 Å². The maximum Gasteiger partial charge on any atom is 0.220 e. The molecule has 16 heavy (non-hydrogen) atoms. The van der Waals surface area contributed by atoms with Gasteiger partial charge in [0.05, 0.1) is 0 Å². The number of hydrogen-bond donors (Lipinski definition) is 1. The van der Waals surface area contributed by atoms with Crippen LogP contribution in [-0.4, -0.2) is 55.0 Å². The Labute approximate surface area is 97.8 Å². The van der Waals surface area contributed by atoms with E-state index in [1.165, 1.54) is 12.8 Å². The van der Waals surface area contributed by atoms with Gasteiger partial charge in [-0.25, -0.2) is 0 Å². The van der Waals surface area contributed by atoms with Crippen molar-refractivity contribution in [3.05, 3.63) is 0 Å². The zero-order valence-corrected chi connectivity index (χ0v) is 10.4. The quantitative estimate of drug-likeness (QED) is 0.750. The Kier molecular flexibility index (Phi) is 3.50. The fourth-order valence-corrected chi connectivity index (χ4v) is 2.83. The van der Waals surface area contributed by atoms with E-state index >= 15 is 0 Å². The Morgan fingerprint density at radius 3 is 2.25 bits per heavy atom. The summed E-state index contributed by atoms with van der Waals surface area (Å²) in [5, 5.41) is 0. The second-order valence-electron chi connectivity index (χ2n) is 5.46. The topological polar surface area (TPSA) is 49.6 Å². The molecule has 0 aromatic rings. The standard InChI is InChI=1S/C12H23N3O/c1-14(2)10-7-11(8-10)15-5-3-9(4-6-15)12(13)16/h9-11H,3-8H2,1-2H3,(H2,13,16). The summed E-state index contributed by atoms with van der Waals surface area (Å²) in [4.78, 5) is 15.9. The second kappa shape index (κ2) is 4.72. The lowest BCUT2D eigenvalue weighted by Crippen LogP contribution is -2.54. The zero-order valence-electron chi connectivity index (χ0n) is 10.4. The van der Waals surface area contributed by atoms with Crippen molar-refractivity contribution in [1.29, 1.82) is 0 Å². The third kappa shape index (κ3) is 2.38. The van der Waals surface area contributed by atoms with E-state index in [-0.39, 0.29) is 11.8 Å². The van der Waals surface area contributed by atoms with Crippen LogP contribution in [0.15, 0.2) is 0 Å². The summed E-state index contributed by atoms with van der Waals surface area (Å²) in [5.74, 6) is 0.0143. The van der Waals surface area contributed by atoms with Crippen LogP contribution in [0.1, 0.15) is 25.7 Å². The van der Waals surface area contributed by atoms with Crippen LogP contribution in [0.5, 0.6) is 0 Å². The Morgan fingerprint density at radius 2 is 1.81 bits per heavy atom. The molecule has 2 aliphatic rings. The summed E-state index contributed by atoms with van der Waals surface area (Å²) in [5.41, 5.74) is 5.33. The highest BCUT2D eigenvalue weighted by Gasteiger charge is 2.36. The molecule has 1 amide bonds. The number of carbonyl (C=O) groups excluding carboxylic acids is 1. The number of primary amides is 1. The lowest BCUT2D eigenvalue weighted by molar-refractivity contribution is -0.123. The number of piperidine rings is 1. The van der Waals surface area contributed by atoms with Crippen molar-refractivity contribution in [2.75, 3.05) is 27.2 Å². The van der Waals surface area contributed by atoms with Gasteiger partial charge in [-0.05, 0) is 52.9 Å². The molecule has 1 aliphatic heterocycles. The molecule has 0 aromatic heterocycles. The predicted octanol–water partition coefficient (Wildman–Crippen LogP) is 0.276. The maximum atomic E-state index is 11.1. The summed E-state index contributed by atoms with van der Waals surface area (Å²) in [6, 6.07) is 1.51. The zero-order chi connectivity index (χ0) is 11.7. The molecule has 2 N–H and O–H groups in total. The van der Waals surface area contributed by atoms with Gasteiger partial charge in [0, 0.05) is 18.0 Å². The van der Waals surface area contributed by atoms with Gasteiger partial charge in [0.1, 0.15) is 0 Å². The van der Waals surface area contributed by atoms with Crippen molar-refractivity contribution >= 4 is 5.91 Å². The minimum absolute atomic E-state index is 0.112. The molecule has 92 valence electrons.